The first-order valence-corrected chi connectivity index (χ1v) is 8.23. The monoisotopic (exact) mass is 324 g/mol. The van der Waals surface area contributed by atoms with E-state index in [4.69, 9.17) is 0 Å². The lowest BCUT2D eigenvalue weighted by Gasteiger charge is -2.45. The zero-order valence-corrected chi connectivity index (χ0v) is 13.7. The van der Waals surface area contributed by atoms with Gasteiger partial charge in [-0.2, -0.15) is 0 Å². The van der Waals surface area contributed by atoms with Crippen molar-refractivity contribution in [1.82, 2.24) is 19.7 Å². The summed E-state index contributed by atoms with van der Waals surface area (Å²) < 4.78 is 0. The van der Waals surface area contributed by atoms with E-state index in [9.17, 15) is 9.59 Å². The third-order valence-corrected chi connectivity index (χ3v) is 4.95. The van der Waals surface area contributed by atoms with Crippen molar-refractivity contribution in [2.45, 2.75) is 12.6 Å². The molecule has 124 valence electrons. The number of likely N-dealkylation sites (N-methyl/N-ethyl adjacent to an activating group) is 1. The molecule has 3 heterocycles. The largest absolute Gasteiger partial charge is 0.335 e. The first-order valence-electron chi connectivity index (χ1n) is 8.23. The number of hydrogen-bond acceptors (Lipinski definition) is 4. The Hall–Kier alpha value is -2.47. The summed E-state index contributed by atoms with van der Waals surface area (Å²) in [6, 6.07) is 9.81. The van der Waals surface area contributed by atoms with Gasteiger partial charge in [-0.25, -0.2) is 0 Å². The number of nitrogens with zero attached hydrogens (tertiary/aromatic N) is 4. The Balaban J connectivity index is 1.56. The summed E-state index contributed by atoms with van der Waals surface area (Å²) >= 11 is 0. The molecule has 1 aromatic heterocycles. The molecule has 2 aromatic rings. The summed E-state index contributed by atoms with van der Waals surface area (Å²) in [5, 5.41) is 1.14. The molecule has 1 atom stereocenters. The van der Waals surface area contributed by atoms with E-state index in [0.717, 1.165) is 24.0 Å². The number of fused-ring (bicyclic) bond motifs is 2. The Kier molecular flexibility index (Phi) is 3.69. The average molecular weight is 324 g/mol. The lowest BCUT2D eigenvalue weighted by Crippen LogP contribution is -2.65. The highest BCUT2D eigenvalue weighted by Crippen LogP contribution is 2.22. The molecule has 0 saturated carbocycles. The predicted molar refractivity (Wildman–Crippen MR) is 90.2 cm³/mol. The molecule has 2 amide bonds. The maximum atomic E-state index is 12.4. The van der Waals surface area contributed by atoms with Crippen LogP contribution in [0, 0.1) is 0 Å². The lowest BCUT2D eigenvalue weighted by atomic mass is 10.0. The van der Waals surface area contributed by atoms with E-state index in [2.05, 4.69) is 22.0 Å². The van der Waals surface area contributed by atoms with Crippen molar-refractivity contribution in [3.63, 3.8) is 0 Å². The van der Waals surface area contributed by atoms with Gasteiger partial charge in [-0.3, -0.25) is 19.5 Å². The molecule has 0 N–H and O–H groups in total. The van der Waals surface area contributed by atoms with Crippen LogP contribution < -0.4 is 0 Å². The first-order chi connectivity index (χ1) is 11.6. The second-order valence-corrected chi connectivity index (χ2v) is 6.52. The highest BCUT2D eigenvalue weighted by molar-refractivity contribution is 5.95. The summed E-state index contributed by atoms with van der Waals surface area (Å²) in [4.78, 5) is 34.5. The van der Waals surface area contributed by atoms with Gasteiger partial charge in [0.2, 0.25) is 11.8 Å². The van der Waals surface area contributed by atoms with Gasteiger partial charge in [-0.1, -0.05) is 18.2 Å². The molecule has 6 heteroatoms. The van der Waals surface area contributed by atoms with Gasteiger partial charge >= 0.3 is 0 Å². The van der Waals surface area contributed by atoms with Crippen LogP contribution >= 0.6 is 0 Å². The second-order valence-electron chi connectivity index (χ2n) is 6.52. The minimum absolute atomic E-state index is 0.0406. The predicted octanol–water partition coefficient (Wildman–Crippen LogP) is 0.720. The van der Waals surface area contributed by atoms with Gasteiger partial charge in [0.05, 0.1) is 12.1 Å². The fourth-order valence-corrected chi connectivity index (χ4v) is 3.66. The summed E-state index contributed by atoms with van der Waals surface area (Å²) in [6.45, 7) is 2.95. The van der Waals surface area contributed by atoms with E-state index >= 15 is 0 Å². The van der Waals surface area contributed by atoms with Crippen molar-refractivity contribution in [2.24, 2.45) is 0 Å². The van der Waals surface area contributed by atoms with E-state index in [1.807, 2.05) is 18.2 Å². The number of carbonyl (C=O) groups is 2. The summed E-state index contributed by atoms with van der Waals surface area (Å²) in [7, 11) is 1.70. The number of pyridine rings is 1. The lowest BCUT2D eigenvalue weighted by molar-refractivity contribution is -0.158. The number of hydrogen-bond donors (Lipinski definition) is 0. The molecule has 6 nitrogen and oxygen atoms in total. The molecule has 0 spiro atoms. The Bertz CT molecular complexity index is 801. The topological polar surface area (TPSA) is 56.8 Å². The number of carbonyl (C=O) groups excluding carboxylic acids is 2. The van der Waals surface area contributed by atoms with Gasteiger partial charge in [0, 0.05) is 44.8 Å². The van der Waals surface area contributed by atoms with Crippen LogP contribution in [0.25, 0.3) is 10.9 Å². The molecule has 24 heavy (non-hydrogen) atoms. The normalized spacial score (nSPS) is 22.1. The molecule has 0 radical (unpaired) electrons. The van der Waals surface area contributed by atoms with E-state index < -0.39 is 0 Å². The Labute approximate surface area is 140 Å². The summed E-state index contributed by atoms with van der Waals surface area (Å²) in [5.74, 6) is 0.0926. The van der Waals surface area contributed by atoms with Crippen molar-refractivity contribution < 1.29 is 9.59 Å². The third-order valence-electron chi connectivity index (χ3n) is 4.95. The molecule has 0 bridgehead atoms. The number of amides is 2. The molecule has 0 aliphatic carbocycles. The minimum Gasteiger partial charge on any atom is -0.335 e. The molecule has 2 aliphatic rings. The van der Waals surface area contributed by atoms with Crippen molar-refractivity contribution in [1.29, 1.82) is 0 Å². The smallest absolute Gasteiger partial charge is 0.246 e. The third kappa shape index (κ3) is 2.53. The molecule has 2 aliphatic heterocycles. The first kappa shape index (κ1) is 15.1. The summed E-state index contributed by atoms with van der Waals surface area (Å²) in [5.41, 5.74) is 2.19. The quantitative estimate of drug-likeness (QED) is 0.817. The maximum Gasteiger partial charge on any atom is 0.246 e. The highest BCUT2D eigenvalue weighted by atomic mass is 16.2. The molecular weight excluding hydrogens is 304 g/mol. The van der Waals surface area contributed by atoms with Gasteiger partial charge in [0.1, 0.15) is 6.04 Å². The van der Waals surface area contributed by atoms with E-state index in [1.165, 1.54) is 10.5 Å². The van der Waals surface area contributed by atoms with Gasteiger partial charge in [-0.15, -0.1) is 0 Å². The molecule has 2 saturated heterocycles. The Morgan fingerprint density at radius 1 is 1.17 bits per heavy atom. The van der Waals surface area contributed by atoms with Crippen molar-refractivity contribution in [3.8, 4) is 0 Å². The fraction of sp³-hybridized carbons (Fsp3) is 0.389. The Morgan fingerprint density at radius 2 is 2.04 bits per heavy atom. The van der Waals surface area contributed by atoms with Gasteiger partial charge < -0.3 is 9.80 Å². The standard InChI is InChI=1S/C18H20N4O2/c1-20-12-17(23)22-9-8-21(11-16(22)18(20)24)10-13-4-2-6-15-14(13)5-3-7-19-15/h2-7,16H,8-12H2,1H3/t16-/m1/s1. The van der Waals surface area contributed by atoms with Gasteiger partial charge in [0.15, 0.2) is 0 Å². The zero-order valence-electron chi connectivity index (χ0n) is 13.7. The fourth-order valence-electron chi connectivity index (χ4n) is 3.66. The SMILES string of the molecule is CN1CC(=O)N2CCN(Cc3cccc4ncccc34)C[C@@H]2C1=O. The maximum absolute atomic E-state index is 12.4. The molecule has 1 aromatic carbocycles. The van der Waals surface area contributed by atoms with E-state index in [1.54, 1.807) is 18.1 Å². The van der Waals surface area contributed by atoms with Crippen LogP contribution in [0.4, 0.5) is 0 Å². The van der Waals surface area contributed by atoms with Crippen molar-refractivity contribution >= 4 is 22.7 Å². The highest BCUT2D eigenvalue weighted by Gasteiger charge is 2.41. The van der Waals surface area contributed by atoms with Crippen LogP contribution in [0.5, 0.6) is 0 Å². The van der Waals surface area contributed by atoms with Crippen molar-refractivity contribution in [2.75, 3.05) is 33.2 Å². The number of piperazine rings is 2. The van der Waals surface area contributed by atoms with E-state index in [0.29, 0.717) is 13.1 Å². The van der Waals surface area contributed by atoms with Gasteiger partial charge in [-0.05, 0) is 17.7 Å². The van der Waals surface area contributed by atoms with Crippen LogP contribution in [0.2, 0.25) is 0 Å². The zero-order chi connectivity index (χ0) is 16.7. The minimum atomic E-state index is -0.349. The number of rotatable bonds is 2. The molecule has 0 unspecified atom stereocenters. The number of aromatic nitrogens is 1. The van der Waals surface area contributed by atoms with Crippen LogP contribution in [0.3, 0.4) is 0 Å². The second kappa shape index (κ2) is 5.87. The number of benzene rings is 1. The summed E-state index contributed by atoms with van der Waals surface area (Å²) in [6.07, 6.45) is 1.80. The molecular formula is C18H20N4O2. The van der Waals surface area contributed by atoms with Crippen molar-refractivity contribution in [3.05, 3.63) is 42.1 Å². The van der Waals surface area contributed by atoms with Crippen LogP contribution in [-0.4, -0.2) is 70.8 Å². The van der Waals surface area contributed by atoms with Gasteiger partial charge in [0.25, 0.3) is 0 Å². The van der Waals surface area contributed by atoms with Crippen LogP contribution in [0.1, 0.15) is 5.56 Å². The average Bonchev–Trinajstić information content (AvgIpc) is 2.60. The van der Waals surface area contributed by atoms with E-state index in [-0.39, 0.29) is 24.4 Å². The van der Waals surface area contributed by atoms with Crippen LogP contribution in [-0.2, 0) is 16.1 Å². The Morgan fingerprint density at radius 3 is 2.92 bits per heavy atom. The molecule has 4 rings (SSSR count). The molecule has 2 fully saturated rings. The van der Waals surface area contributed by atoms with Crippen LogP contribution in [0.15, 0.2) is 36.5 Å².